The van der Waals surface area contributed by atoms with Gasteiger partial charge in [0.1, 0.15) is 0 Å². The van der Waals surface area contributed by atoms with Crippen molar-refractivity contribution < 1.29 is 18.0 Å². The number of fused-ring (bicyclic) bond motifs is 1. The molecule has 2 rings (SSSR count). The van der Waals surface area contributed by atoms with Crippen LogP contribution in [0.25, 0.3) is 0 Å². The Morgan fingerprint density at radius 1 is 1.41 bits per heavy atom. The van der Waals surface area contributed by atoms with E-state index in [1.165, 1.54) is 12.1 Å². The number of hydrogen-bond donors (Lipinski definition) is 0. The van der Waals surface area contributed by atoms with Crippen LogP contribution in [0.1, 0.15) is 30.0 Å². The standard InChI is InChI=1S/C12H10F3NO/c1-11(16-7-17)5-4-8-2-3-9(6-10(8)11)12(13,14)15/h2-3,6H,4-5H2,1H3. The Balaban J connectivity index is 2.55. The van der Waals surface area contributed by atoms with Crippen molar-refractivity contribution in [3.05, 3.63) is 34.9 Å². The van der Waals surface area contributed by atoms with Crippen molar-refractivity contribution in [1.29, 1.82) is 0 Å². The average molecular weight is 241 g/mol. The summed E-state index contributed by atoms with van der Waals surface area (Å²) in [7, 11) is 0. The minimum atomic E-state index is -4.37. The number of halogens is 3. The third kappa shape index (κ3) is 1.98. The Labute approximate surface area is 96.2 Å². The largest absolute Gasteiger partial charge is 0.416 e. The number of carbonyl (C=O) groups excluding carboxylic acids is 1. The summed E-state index contributed by atoms with van der Waals surface area (Å²) < 4.78 is 37.8. The molecule has 0 fully saturated rings. The highest BCUT2D eigenvalue weighted by Crippen LogP contribution is 2.42. The van der Waals surface area contributed by atoms with E-state index in [4.69, 9.17) is 0 Å². The molecule has 1 atom stereocenters. The van der Waals surface area contributed by atoms with Gasteiger partial charge in [-0.2, -0.15) is 18.2 Å². The normalized spacial score (nSPS) is 23.1. The molecule has 0 heterocycles. The van der Waals surface area contributed by atoms with Crippen LogP contribution in [0.5, 0.6) is 0 Å². The van der Waals surface area contributed by atoms with Crippen molar-refractivity contribution in [2.24, 2.45) is 4.99 Å². The zero-order valence-electron chi connectivity index (χ0n) is 9.14. The van der Waals surface area contributed by atoms with Gasteiger partial charge in [0.05, 0.1) is 11.1 Å². The molecule has 5 heteroatoms. The molecule has 0 amide bonds. The summed E-state index contributed by atoms with van der Waals surface area (Å²) in [6, 6.07) is 3.61. The maximum atomic E-state index is 12.6. The molecule has 1 aliphatic rings. The van der Waals surface area contributed by atoms with Crippen LogP contribution in [0.4, 0.5) is 13.2 Å². The number of isocyanates is 1. The first-order valence-electron chi connectivity index (χ1n) is 5.16. The van der Waals surface area contributed by atoms with Crippen molar-refractivity contribution in [1.82, 2.24) is 0 Å². The molecule has 0 saturated heterocycles. The molecule has 1 aliphatic carbocycles. The first kappa shape index (κ1) is 11.9. The van der Waals surface area contributed by atoms with Crippen LogP contribution in [0.15, 0.2) is 23.2 Å². The monoisotopic (exact) mass is 241 g/mol. The summed E-state index contributed by atoms with van der Waals surface area (Å²) >= 11 is 0. The highest BCUT2D eigenvalue weighted by molar-refractivity contribution is 5.45. The number of nitrogens with zero attached hydrogens (tertiary/aromatic N) is 1. The lowest BCUT2D eigenvalue weighted by Gasteiger charge is -2.19. The summed E-state index contributed by atoms with van der Waals surface area (Å²) in [5.74, 6) is 0. The van der Waals surface area contributed by atoms with Crippen LogP contribution in [0.3, 0.4) is 0 Å². The lowest BCUT2D eigenvalue weighted by molar-refractivity contribution is -0.137. The maximum absolute atomic E-state index is 12.6. The zero-order chi connectivity index (χ0) is 12.7. The van der Waals surface area contributed by atoms with E-state index in [1.807, 2.05) is 0 Å². The van der Waals surface area contributed by atoms with Crippen LogP contribution in [-0.2, 0) is 22.9 Å². The SMILES string of the molecule is CC1(N=C=O)CCc2ccc(C(F)(F)F)cc21. The lowest BCUT2D eigenvalue weighted by Crippen LogP contribution is -2.16. The Kier molecular flexibility index (Phi) is 2.59. The molecule has 0 aromatic heterocycles. The van der Waals surface area contributed by atoms with Gasteiger partial charge in [-0.05, 0) is 43.0 Å². The van der Waals surface area contributed by atoms with Gasteiger partial charge in [0.25, 0.3) is 0 Å². The molecule has 0 N–H and O–H groups in total. The van der Waals surface area contributed by atoms with Crippen LogP contribution in [0.2, 0.25) is 0 Å². The van der Waals surface area contributed by atoms with E-state index in [9.17, 15) is 18.0 Å². The van der Waals surface area contributed by atoms with E-state index >= 15 is 0 Å². The summed E-state index contributed by atoms with van der Waals surface area (Å²) in [4.78, 5) is 14.0. The molecular formula is C12H10F3NO. The van der Waals surface area contributed by atoms with E-state index < -0.39 is 17.3 Å². The molecule has 0 aliphatic heterocycles. The van der Waals surface area contributed by atoms with Gasteiger partial charge in [0, 0.05) is 0 Å². The number of hydrogen-bond acceptors (Lipinski definition) is 2. The first-order chi connectivity index (χ1) is 7.87. The number of benzene rings is 1. The smallest absolute Gasteiger partial charge is 0.211 e. The van der Waals surface area contributed by atoms with E-state index in [1.54, 1.807) is 6.92 Å². The van der Waals surface area contributed by atoms with Crippen molar-refractivity contribution in [3.8, 4) is 0 Å². The molecule has 1 aromatic rings. The summed E-state index contributed by atoms with van der Waals surface area (Å²) in [5, 5.41) is 0. The second-order valence-electron chi connectivity index (χ2n) is 4.35. The quantitative estimate of drug-likeness (QED) is 0.548. The summed E-state index contributed by atoms with van der Waals surface area (Å²) in [6.07, 6.45) is -1.75. The van der Waals surface area contributed by atoms with Gasteiger partial charge in [0.15, 0.2) is 0 Å². The number of rotatable bonds is 1. The van der Waals surface area contributed by atoms with Gasteiger partial charge < -0.3 is 0 Å². The Morgan fingerprint density at radius 2 is 2.12 bits per heavy atom. The minimum Gasteiger partial charge on any atom is -0.211 e. The minimum absolute atomic E-state index is 0.482. The van der Waals surface area contributed by atoms with Crippen LogP contribution in [0, 0.1) is 0 Å². The fourth-order valence-electron chi connectivity index (χ4n) is 2.20. The van der Waals surface area contributed by atoms with Gasteiger partial charge in [0.2, 0.25) is 6.08 Å². The molecule has 0 radical (unpaired) electrons. The van der Waals surface area contributed by atoms with E-state index in [2.05, 4.69) is 4.99 Å². The van der Waals surface area contributed by atoms with E-state index in [-0.39, 0.29) is 0 Å². The number of alkyl halides is 3. The topological polar surface area (TPSA) is 29.4 Å². The second-order valence-corrected chi connectivity index (χ2v) is 4.35. The second kappa shape index (κ2) is 3.70. The predicted molar refractivity (Wildman–Crippen MR) is 55.2 cm³/mol. The molecule has 90 valence electrons. The van der Waals surface area contributed by atoms with Gasteiger partial charge in [-0.3, -0.25) is 0 Å². The molecule has 0 bridgehead atoms. The predicted octanol–water partition coefficient (Wildman–Crippen LogP) is 3.20. The molecule has 1 aromatic carbocycles. The Hall–Kier alpha value is -1.61. The lowest BCUT2D eigenvalue weighted by atomic mass is 9.93. The summed E-state index contributed by atoms with van der Waals surface area (Å²) in [5.41, 5.74) is -0.265. The van der Waals surface area contributed by atoms with Crippen molar-refractivity contribution in [2.75, 3.05) is 0 Å². The zero-order valence-corrected chi connectivity index (χ0v) is 9.14. The van der Waals surface area contributed by atoms with Crippen LogP contribution < -0.4 is 0 Å². The van der Waals surface area contributed by atoms with Gasteiger partial charge in [-0.15, -0.1) is 0 Å². The molecule has 1 unspecified atom stereocenters. The molecule has 2 nitrogen and oxygen atoms in total. The van der Waals surface area contributed by atoms with E-state index in [0.717, 1.165) is 17.7 Å². The third-order valence-electron chi connectivity index (χ3n) is 3.19. The number of aryl methyl sites for hydroxylation is 1. The third-order valence-corrected chi connectivity index (χ3v) is 3.19. The average Bonchev–Trinajstić information content (AvgIpc) is 2.56. The molecule has 17 heavy (non-hydrogen) atoms. The molecule has 0 saturated carbocycles. The molecule has 0 spiro atoms. The first-order valence-corrected chi connectivity index (χ1v) is 5.16. The van der Waals surface area contributed by atoms with Gasteiger partial charge in [-0.25, -0.2) is 4.79 Å². The fraction of sp³-hybridized carbons (Fsp3) is 0.417. The molecular weight excluding hydrogens is 231 g/mol. The van der Waals surface area contributed by atoms with E-state index in [0.29, 0.717) is 18.4 Å². The van der Waals surface area contributed by atoms with Crippen molar-refractivity contribution >= 4 is 6.08 Å². The Bertz CT molecular complexity index is 503. The van der Waals surface area contributed by atoms with Crippen molar-refractivity contribution in [3.63, 3.8) is 0 Å². The van der Waals surface area contributed by atoms with Crippen LogP contribution in [-0.4, -0.2) is 6.08 Å². The highest BCUT2D eigenvalue weighted by atomic mass is 19.4. The van der Waals surface area contributed by atoms with Gasteiger partial charge >= 0.3 is 6.18 Å². The maximum Gasteiger partial charge on any atom is 0.416 e. The van der Waals surface area contributed by atoms with Crippen LogP contribution >= 0.6 is 0 Å². The van der Waals surface area contributed by atoms with Gasteiger partial charge in [-0.1, -0.05) is 6.07 Å². The Morgan fingerprint density at radius 3 is 2.71 bits per heavy atom. The fourth-order valence-corrected chi connectivity index (χ4v) is 2.20. The number of aliphatic imine (C=N–C) groups is 1. The summed E-state index contributed by atoms with van der Waals surface area (Å²) in [6.45, 7) is 1.66. The van der Waals surface area contributed by atoms with Crippen molar-refractivity contribution in [2.45, 2.75) is 31.5 Å². The highest BCUT2D eigenvalue weighted by Gasteiger charge is 2.38.